The quantitative estimate of drug-likeness (QED) is 0.786. The number of nitrogens with zero attached hydrogens (tertiary/aromatic N) is 3. The number of nitriles is 2. The highest BCUT2D eigenvalue weighted by Gasteiger charge is 2.11. The maximum absolute atomic E-state index is 11.9. The molecular weight excluding hydrogens is 300 g/mol. The molecule has 0 bridgehead atoms. The van der Waals surface area contributed by atoms with Gasteiger partial charge in [-0.3, -0.25) is 4.79 Å². The van der Waals surface area contributed by atoms with Gasteiger partial charge in [0.1, 0.15) is 23.4 Å². The number of hydrogen-bond donors (Lipinski definition) is 1. The average molecular weight is 312 g/mol. The fourth-order valence-electron chi connectivity index (χ4n) is 2.58. The lowest BCUT2D eigenvalue weighted by molar-refractivity contribution is 1.13. The third-order valence-electron chi connectivity index (χ3n) is 3.70. The van der Waals surface area contributed by atoms with E-state index in [0.717, 1.165) is 16.7 Å². The Morgan fingerprint density at radius 2 is 1.67 bits per heavy atom. The number of benzene rings is 1. The van der Waals surface area contributed by atoms with Crippen molar-refractivity contribution < 1.29 is 0 Å². The molecule has 3 aromatic rings. The van der Waals surface area contributed by atoms with E-state index in [-0.39, 0.29) is 5.56 Å². The van der Waals surface area contributed by atoms with Crippen LogP contribution in [0.5, 0.6) is 0 Å². The fraction of sp³-hybridized carbons (Fsp3) is 0.0526. The van der Waals surface area contributed by atoms with Gasteiger partial charge in [-0.15, -0.1) is 0 Å². The number of aryl methyl sites for hydroxylation is 1. The molecule has 0 radical (unpaired) electrons. The summed E-state index contributed by atoms with van der Waals surface area (Å²) in [4.78, 5) is 18.6. The maximum Gasteiger partial charge on any atom is 0.266 e. The summed E-state index contributed by atoms with van der Waals surface area (Å²) in [5.74, 6) is 0. The molecule has 5 heteroatoms. The molecular formula is C19H12N4O. The maximum atomic E-state index is 11.9. The first-order valence-electron chi connectivity index (χ1n) is 7.24. The van der Waals surface area contributed by atoms with Gasteiger partial charge in [0.15, 0.2) is 0 Å². The van der Waals surface area contributed by atoms with Crippen LogP contribution in [0.4, 0.5) is 0 Å². The number of hydrogen-bond acceptors (Lipinski definition) is 4. The zero-order valence-corrected chi connectivity index (χ0v) is 12.9. The van der Waals surface area contributed by atoms with Gasteiger partial charge < -0.3 is 4.98 Å². The molecule has 2 heterocycles. The molecule has 0 aliphatic rings. The second-order valence-electron chi connectivity index (χ2n) is 5.27. The number of nitrogens with one attached hydrogen (secondary N) is 1. The van der Waals surface area contributed by atoms with Gasteiger partial charge in [0.2, 0.25) is 0 Å². The molecule has 0 aliphatic carbocycles. The molecule has 0 saturated carbocycles. The molecule has 114 valence electrons. The van der Waals surface area contributed by atoms with Crippen molar-refractivity contribution in [1.82, 2.24) is 9.97 Å². The van der Waals surface area contributed by atoms with E-state index >= 15 is 0 Å². The van der Waals surface area contributed by atoms with Crippen molar-refractivity contribution in [2.45, 2.75) is 6.92 Å². The fourth-order valence-corrected chi connectivity index (χ4v) is 2.58. The molecule has 2 aromatic heterocycles. The molecule has 0 amide bonds. The van der Waals surface area contributed by atoms with Gasteiger partial charge >= 0.3 is 0 Å². The Bertz CT molecular complexity index is 1050. The lowest BCUT2D eigenvalue weighted by atomic mass is 9.97. The summed E-state index contributed by atoms with van der Waals surface area (Å²) in [6.45, 7) is 1.77. The van der Waals surface area contributed by atoms with E-state index in [1.807, 2.05) is 36.4 Å². The van der Waals surface area contributed by atoms with E-state index in [0.29, 0.717) is 17.0 Å². The Labute approximate surface area is 138 Å². The molecule has 0 atom stereocenters. The standard InChI is InChI=1S/C19H12N4O/c1-12-9-16(17(10-20)19(24)23-12)14-6-4-13(5-7-14)15-3-2-8-22-18(15)11-21/h2-9H,1H3,(H,23,24). The minimum atomic E-state index is -0.393. The second-order valence-corrected chi connectivity index (χ2v) is 5.27. The lowest BCUT2D eigenvalue weighted by Gasteiger charge is -2.08. The third-order valence-corrected chi connectivity index (χ3v) is 3.70. The highest BCUT2D eigenvalue weighted by molar-refractivity contribution is 5.75. The molecule has 0 spiro atoms. The smallest absolute Gasteiger partial charge is 0.266 e. The molecule has 3 rings (SSSR count). The first kappa shape index (κ1) is 15.2. The van der Waals surface area contributed by atoms with Crippen molar-refractivity contribution in [2.75, 3.05) is 0 Å². The van der Waals surface area contributed by atoms with Gasteiger partial charge in [-0.05, 0) is 36.2 Å². The summed E-state index contributed by atoms with van der Waals surface area (Å²) in [6.07, 6.45) is 1.58. The number of aromatic amines is 1. The van der Waals surface area contributed by atoms with Crippen LogP contribution >= 0.6 is 0 Å². The summed E-state index contributed by atoms with van der Waals surface area (Å²) in [5.41, 5.74) is 3.71. The highest BCUT2D eigenvalue weighted by atomic mass is 16.1. The predicted molar refractivity (Wildman–Crippen MR) is 89.9 cm³/mol. The van der Waals surface area contributed by atoms with E-state index in [1.54, 1.807) is 25.3 Å². The summed E-state index contributed by atoms with van der Waals surface area (Å²) in [6, 6.07) is 16.8. The first-order valence-corrected chi connectivity index (χ1v) is 7.24. The molecule has 0 unspecified atom stereocenters. The zero-order chi connectivity index (χ0) is 17.1. The summed E-state index contributed by atoms with van der Waals surface area (Å²) < 4.78 is 0. The molecule has 1 N–H and O–H groups in total. The molecule has 0 aliphatic heterocycles. The van der Waals surface area contributed by atoms with E-state index < -0.39 is 5.56 Å². The Morgan fingerprint density at radius 3 is 2.29 bits per heavy atom. The Balaban J connectivity index is 2.11. The van der Waals surface area contributed by atoms with Crippen LogP contribution in [-0.4, -0.2) is 9.97 Å². The minimum absolute atomic E-state index is 0.0902. The largest absolute Gasteiger partial charge is 0.325 e. The molecule has 24 heavy (non-hydrogen) atoms. The molecule has 1 aromatic carbocycles. The van der Waals surface area contributed by atoms with Crippen molar-refractivity contribution >= 4 is 0 Å². The van der Waals surface area contributed by atoms with Crippen molar-refractivity contribution in [3.8, 4) is 34.4 Å². The van der Waals surface area contributed by atoms with Gasteiger partial charge in [-0.1, -0.05) is 24.3 Å². The van der Waals surface area contributed by atoms with Gasteiger partial charge in [-0.25, -0.2) is 4.98 Å². The van der Waals surface area contributed by atoms with Gasteiger partial charge in [-0.2, -0.15) is 10.5 Å². The Kier molecular flexibility index (Phi) is 3.93. The second kappa shape index (κ2) is 6.20. The van der Waals surface area contributed by atoms with Crippen molar-refractivity contribution in [3.63, 3.8) is 0 Å². The average Bonchev–Trinajstić information content (AvgIpc) is 2.61. The number of aromatic nitrogens is 2. The highest BCUT2D eigenvalue weighted by Crippen LogP contribution is 2.27. The SMILES string of the molecule is Cc1cc(-c2ccc(-c3cccnc3C#N)cc2)c(C#N)c(=O)[nH]1. The van der Waals surface area contributed by atoms with Crippen LogP contribution in [0.25, 0.3) is 22.3 Å². The van der Waals surface area contributed by atoms with Crippen molar-refractivity contribution in [3.05, 3.63) is 76.0 Å². The first-order chi connectivity index (χ1) is 11.6. The van der Waals surface area contributed by atoms with Crippen LogP contribution in [0.15, 0.2) is 53.5 Å². The minimum Gasteiger partial charge on any atom is -0.325 e. The summed E-state index contributed by atoms with van der Waals surface area (Å²) in [7, 11) is 0. The van der Waals surface area contributed by atoms with Crippen molar-refractivity contribution in [1.29, 1.82) is 10.5 Å². The van der Waals surface area contributed by atoms with E-state index in [4.69, 9.17) is 5.26 Å². The van der Waals surface area contributed by atoms with Gasteiger partial charge in [0, 0.05) is 23.0 Å². The van der Waals surface area contributed by atoms with E-state index in [9.17, 15) is 10.1 Å². The summed E-state index contributed by atoms with van der Waals surface area (Å²) >= 11 is 0. The molecule has 5 nitrogen and oxygen atoms in total. The Hall–Kier alpha value is -3.70. The van der Waals surface area contributed by atoms with Crippen LogP contribution in [0.2, 0.25) is 0 Å². The van der Waals surface area contributed by atoms with E-state index in [1.165, 1.54) is 0 Å². The van der Waals surface area contributed by atoms with Gasteiger partial charge in [0.05, 0.1) is 0 Å². The van der Waals surface area contributed by atoms with Crippen molar-refractivity contribution in [2.24, 2.45) is 0 Å². The number of rotatable bonds is 2. The van der Waals surface area contributed by atoms with Crippen LogP contribution < -0.4 is 5.56 Å². The number of H-pyrrole nitrogens is 1. The molecule has 0 saturated heterocycles. The normalized spacial score (nSPS) is 9.96. The van der Waals surface area contributed by atoms with Crippen LogP contribution in [0.3, 0.4) is 0 Å². The van der Waals surface area contributed by atoms with Gasteiger partial charge in [0.25, 0.3) is 5.56 Å². The monoisotopic (exact) mass is 312 g/mol. The summed E-state index contributed by atoms with van der Waals surface area (Å²) in [5, 5.41) is 18.4. The van der Waals surface area contributed by atoms with Crippen LogP contribution in [-0.2, 0) is 0 Å². The number of pyridine rings is 2. The lowest BCUT2D eigenvalue weighted by Crippen LogP contribution is -2.12. The van der Waals surface area contributed by atoms with Crippen LogP contribution in [0.1, 0.15) is 17.0 Å². The van der Waals surface area contributed by atoms with E-state index in [2.05, 4.69) is 16.0 Å². The Morgan fingerprint density at radius 1 is 1.00 bits per heavy atom. The zero-order valence-electron chi connectivity index (χ0n) is 12.9. The topological polar surface area (TPSA) is 93.3 Å². The predicted octanol–water partition coefficient (Wildman–Crippen LogP) is 3.16. The van der Waals surface area contributed by atoms with Crippen LogP contribution in [0, 0.1) is 29.6 Å². The third kappa shape index (κ3) is 2.67. The molecule has 0 fully saturated rings.